The zero-order chi connectivity index (χ0) is 13.5. The molecule has 0 spiro atoms. The minimum absolute atomic E-state index is 0.240. The van der Waals surface area contributed by atoms with E-state index in [2.05, 4.69) is 37.2 Å². The molecule has 0 heterocycles. The van der Waals surface area contributed by atoms with Crippen molar-refractivity contribution >= 4 is 31.9 Å². The highest BCUT2D eigenvalue weighted by atomic mass is 79.9. The van der Waals surface area contributed by atoms with E-state index < -0.39 is 0 Å². The Labute approximate surface area is 125 Å². The summed E-state index contributed by atoms with van der Waals surface area (Å²) < 4.78 is 6.87. The smallest absolute Gasteiger partial charge is 0.143 e. The molecule has 18 heavy (non-hydrogen) atoms. The molecular formula is C13H19Br2NO2. The Morgan fingerprint density at radius 3 is 2.44 bits per heavy atom. The van der Waals surface area contributed by atoms with Crippen LogP contribution in [0.3, 0.4) is 0 Å². The predicted molar refractivity (Wildman–Crippen MR) is 80.9 cm³/mol. The first kappa shape index (κ1) is 16.0. The van der Waals surface area contributed by atoms with Crippen LogP contribution in [0.1, 0.15) is 25.8 Å². The van der Waals surface area contributed by atoms with Gasteiger partial charge in [-0.2, -0.15) is 0 Å². The number of ether oxygens (including phenoxy) is 1. The third-order valence-electron chi connectivity index (χ3n) is 2.35. The third-order valence-corrected chi connectivity index (χ3v) is 3.56. The van der Waals surface area contributed by atoms with Gasteiger partial charge in [-0.25, -0.2) is 0 Å². The summed E-state index contributed by atoms with van der Waals surface area (Å²) in [6.45, 7) is 6.56. The molecule has 5 heteroatoms. The van der Waals surface area contributed by atoms with Crippen LogP contribution in [0.25, 0.3) is 0 Å². The molecule has 0 atom stereocenters. The zero-order valence-corrected chi connectivity index (χ0v) is 13.8. The lowest BCUT2D eigenvalue weighted by molar-refractivity contribution is 0.0770. The molecule has 0 aliphatic heterocycles. The maximum atomic E-state index is 9.59. The lowest BCUT2D eigenvalue weighted by Gasteiger charge is -2.09. The van der Waals surface area contributed by atoms with Crippen molar-refractivity contribution in [2.24, 2.45) is 0 Å². The summed E-state index contributed by atoms with van der Waals surface area (Å²) in [5.41, 5.74) is 1.12. The highest BCUT2D eigenvalue weighted by Gasteiger charge is 2.05. The number of halogens is 2. The Morgan fingerprint density at radius 1 is 1.28 bits per heavy atom. The fourth-order valence-corrected chi connectivity index (χ4v) is 2.75. The SMILES string of the molecule is CC(C)OCCCNCc1cc(Br)c(O)c(Br)c1. The normalized spacial score (nSPS) is 11.2. The number of hydrogen-bond acceptors (Lipinski definition) is 3. The summed E-state index contributed by atoms with van der Waals surface area (Å²) in [5, 5.41) is 12.9. The van der Waals surface area contributed by atoms with Crippen LogP contribution < -0.4 is 5.32 Å². The monoisotopic (exact) mass is 379 g/mol. The molecule has 0 saturated heterocycles. The van der Waals surface area contributed by atoms with Gasteiger partial charge in [0, 0.05) is 13.2 Å². The van der Waals surface area contributed by atoms with Gasteiger partial charge in [0.2, 0.25) is 0 Å². The van der Waals surface area contributed by atoms with Gasteiger partial charge in [-0.1, -0.05) is 0 Å². The van der Waals surface area contributed by atoms with Crippen molar-refractivity contribution in [3.63, 3.8) is 0 Å². The van der Waals surface area contributed by atoms with Crippen molar-refractivity contribution < 1.29 is 9.84 Å². The second-order valence-electron chi connectivity index (χ2n) is 4.36. The lowest BCUT2D eigenvalue weighted by Crippen LogP contribution is -2.17. The topological polar surface area (TPSA) is 41.5 Å². The number of aromatic hydroxyl groups is 1. The van der Waals surface area contributed by atoms with Gasteiger partial charge in [-0.05, 0) is 76.4 Å². The van der Waals surface area contributed by atoms with Gasteiger partial charge in [0.15, 0.2) is 0 Å². The van der Waals surface area contributed by atoms with Gasteiger partial charge >= 0.3 is 0 Å². The molecule has 0 saturated carbocycles. The molecule has 0 aliphatic carbocycles. The van der Waals surface area contributed by atoms with Crippen LogP contribution in [0.15, 0.2) is 21.1 Å². The van der Waals surface area contributed by atoms with E-state index in [0.717, 1.165) is 31.7 Å². The molecule has 0 aliphatic rings. The maximum absolute atomic E-state index is 9.59. The van der Waals surface area contributed by atoms with Crippen LogP contribution >= 0.6 is 31.9 Å². The van der Waals surface area contributed by atoms with Crippen molar-refractivity contribution in [2.75, 3.05) is 13.2 Å². The molecule has 0 amide bonds. The minimum atomic E-state index is 0.240. The summed E-state index contributed by atoms with van der Waals surface area (Å²) in [5.74, 6) is 0.240. The molecule has 1 aromatic carbocycles. The molecule has 0 unspecified atom stereocenters. The van der Waals surface area contributed by atoms with E-state index in [-0.39, 0.29) is 5.75 Å². The molecule has 102 valence electrons. The number of hydrogen-bond donors (Lipinski definition) is 2. The van der Waals surface area contributed by atoms with Crippen molar-refractivity contribution in [2.45, 2.75) is 32.9 Å². The number of nitrogens with one attached hydrogen (secondary N) is 1. The van der Waals surface area contributed by atoms with E-state index in [1.807, 2.05) is 26.0 Å². The van der Waals surface area contributed by atoms with Gasteiger partial charge < -0.3 is 15.2 Å². The van der Waals surface area contributed by atoms with Gasteiger partial charge in [-0.15, -0.1) is 0 Å². The maximum Gasteiger partial charge on any atom is 0.143 e. The van der Waals surface area contributed by atoms with Crippen molar-refractivity contribution in [1.29, 1.82) is 0 Å². The van der Waals surface area contributed by atoms with Crippen LogP contribution in [0.4, 0.5) is 0 Å². The highest BCUT2D eigenvalue weighted by molar-refractivity contribution is 9.11. The molecule has 0 radical (unpaired) electrons. The first-order chi connectivity index (χ1) is 8.50. The third kappa shape index (κ3) is 5.69. The molecule has 2 N–H and O–H groups in total. The molecule has 1 rings (SSSR count). The lowest BCUT2D eigenvalue weighted by atomic mass is 10.2. The van der Waals surface area contributed by atoms with Gasteiger partial charge in [0.25, 0.3) is 0 Å². The van der Waals surface area contributed by atoms with Crippen molar-refractivity contribution in [3.8, 4) is 5.75 Å². The van der Waals surface area contributed by atoms with E-state index >= 15 is 0 Å². The Balaban J connectivity index is 2.27. The Morgan fingerprint density at radius 2 is 1.89 bits per heavy atom. The molecule has 1 aromatic rings. The van der Waals surface area contributed by atoms with E-state index in [1.54, 1.807) is 0 Å². The molecule has 0 fully saturated rings. The molecular weight excluding hydrogens is 362 g/mol. The second kappa shape index (κ2) is 8.15. The van der Waals surface area contributed by atoms with Crippen LogP contribution in [-0.2, 0) is 11.3 Å². The fraction of sp³-hybridized carbons (Fsp3) is 0.538. The molecule has 3 nitrogen and oxygen atoms in total. The van der Waals surface area contributed by atoms with E-state index in [0.29, 0.717) is 15.0 Å². The summed E-state index contributed by atoms with van der Waals surface area (Å²) >= 11 is 6.64. The van der Waals surface area contributed by atoms with Gasteiger partial charge in [0.05, 0.1) is 15.0 Å². The van der Waals surface area contributed by atoms with Crippen molar-refractivity contribution in [1.82, 2.24) is 5.32 Å². The number of rotatable bonds is 7. The van der Waals surface area contributed by atoms with Crippen LogP contribution in [-0.4, -0.2) is 24.4 Å². The largest absolute Gasteiger partial charge is 0.506 e. The van der Waals surface area contributed by atoms with Crippen molar-refractivity contribution in [3.05, 3.63) is 26.6 Å². The summed E-state index contributed by atoms with van der Waals surface area (Å²) in [7, 11) is 0. The fourth-order valence-electron chi connectivity index (χ4n) is 1.47. The van der Waals surface area contributed by atoms with Gasteiger partial charge in [0.1, 0.15) is 5.75 Å². The van der Waals surface area contributed by atoms with E-state index in [4.69, 9.17) is 4.74 Å². The van der Waals surface area contributed by atoms with Crippen LogP contribution in [0.2, 0.25) is 0 Å². The summed E-state index contributed by atoms with van der Waals surface area (Å²) in [4.78, 5) is 0. The number of phenols is 1. The first-order valence-corrected chi connectivity index (χ1v) is 7.58. The van der Waals surface area contributed by atoms with Crippen LogP contribution in [0.5, 0.6) is 5.75 Å². The molecule has 0 aromatic heterocycles. The Bertz CT molecular complexity index is 360. The zero-order valence-electron chi connectivity index (χ0n) is 10.7. The standard InChI is InChI=1S/C13H19Br2NO2/c1-9(2)18-5-3-4-16-8-10-6-11(14)13(17)12(15)7-10/h6-7,9,16-17H,3-5,8H2,1-2H3. The predicted octanol–water partition coefficient (Wildman–Crippen LogP) is 3.82. The average Bonchev–Trinajstić information content (AvgIpc) is 2.30. The van der Waals surface area contributed by atoms with E-state index in [1.165, 1.54) is 0 Å². The van der Waals surface area contributed by atoms with E-state index in [9.17, 15) is 5.11 Å². The second-order valence-corrected chi connectivity index (χ2v) is 6.07. The average molecular weight is 381 g/mol. The number of benzene rings is 1. The quantitative estimate of drug-likeness (QED) is 0.706. The summed E-state index contributed by atoms with van der Waals surface area (Å²) in [6.07, 6.45) is 1.30. The first-order valence-electron chi connectivity index (χ1n) is 6.00. The van der Waals surface area contributed by atoms with Crippen LogP contribution in [0, 0.1) is 0 Å². The summed E-state index contributed by atoms with van der Waals surface area (Å²) in [6, 6.07) is 3.83. The number of phenolic OH excluding ortho intramolecular Hbond substituents is 1. The Hall–Kier alpha value is -0.100. The molecule has 0 bridgehead atoms. The van der Waals surface area contributed by atoms with Gasteiger partial charge in [-0.3, -0.25) is 0 Å². The Kier molecular flexibility index (Phi) is 7.22. The minimum Gasteiger partial charge on any atom is -0.506 e. The highest BCUT2D eigenvalue weighted by Crippen LogP contribution is 2.33.